The van der Waals surface area contributed by atoms with Crippen LogP contribution in [0.2, 0.25) is 0 Å². The molecule has 0 bridgehead atoms. The van der Waals surface area contributed by atoms with Gasteiger partial charge in [-0.25, -0.2) is 0 Å². The van der Waals surface area contributed by atoms with Crippen molar-refractivity contribution in [3.63, 3.8) is 0 Å². The zero-order valence-corrected chi connectivity index (χ0v) is 6.55. The molecule has 0 aromatic rings. The third-order valence-corrected chi connectivity index (χ3v) is 1.37. The molecule has 6 N–H and O–H groups in total. The standard InChI is InChI=1S/C8H12.2H3N/c1-2-4-6-8-7-5-3-1;;/h1-4H,5-8H2;2*1H3. The topological polar surface area (TPSA) is 70.0 Å². The summed E-state index contributed by atoms with van der Waals surface area (Å²) < 4.78 is 0. The Kier molecular flexibility index (Phi) is 10.2. The molecular weight excluding hydrogens is 124 g/mol. The number of hydrogen-bond donors (Lipinski definition) is 2. The zero-order chi connectivity index (χ0) is 5.66. The highest BCUT2D eigenvalue weighted by Crippen LogP contribution is 2.04. The van der Waals surface area contributed by atoms with Gasteiger partial charge >= 0.3 is 0 Å². The molecular formula is C8H18N2. The lowest BCUT2D eigenvalue weighted by atomic mass is 10.1. The minimum absolute atomic E-state index is 0. The molecule has 0 radical (unpaired) electrons. The fraction of sp³-hybridized carbons (Fsp3) is 0.500. The molecule has 10 heavy (non-hydrogen) atoms. The molecule has 0 fully saturated rings. The van der Waals surface area contributed by atoms with Crippen LogP contribution < -0.4 is 12.3 Å². The van der Waals surface area contributed by atoms with Gasteiger partial charge in [0.25, 0.3) is 0 Å². The van der Waals surface area contributed by atoms with Crippen LogP contribution in [0.15, 0.2) is 24.3 Å². The molecule has 60 valence electrons. The average Bonchev–Trinajstić information content (AvgIpc) is 1.62. The summed E-state index contributed by atoms with van der Waals surface area (Å²) in [5.74, 6) is 0. The Balaban J connectivity index is 0. The van der Waals surface area contributed by atoms with Crippen LogP contribution in [-0.2, 0) is 0 Å². The molecule has 0 aromatic heterocycles. The maximum Gasteiger partial charge on any atom is -0.0347 e. The van der Waals surface area contributed by atoms with Crippen molar-refractivity contribution in [2.45, 2.75) is 25.7 Å². The number of rotatable bonds is 0. The van der Waals surface area contributed by atoms with Gasteiger partial charge in [0.2, 0.25) is 0 Å². The highest BCUT2D eigenvalue weighted by atomic mass is 14.0. The van der Waals surface area contributed by atoms with Gasteiger partial charge in [0.05, 0.1) is 0 Å². The molecule has 0 saturated heterocycles. The lowest BCUT2D eigenvalue weighted by Crippen LogP contribution is -1.74. The highest BCUT2D eigenvalue weighted by molar-refractivity contribution is 5.03. The van der Waals surface area contributed by atoms with Gasteiger partial charge in [0.15, 0.2) is 0 Å². The first-order chi connectivity index (χ1) is 4.00. The molecule has 0 atom stereocenters. The first-order valence-corrected chi connectivity index (χ1v) is 3.32. The summed E-state index contributed by atoms with van der Waals surface area (Å²) in [6.07, 6.45) is 14.0. The van der Waals surface area contributed by atoms with E-state index in [1.54, 1.807) is 0 Å². The number of hydrogen-bond acceptors (Lipinski definition) is 2. The molecule has 2 nitrogen and oxygen atoms in total. The van der Waals surface area contributed by atoms with Crippen molar-refractivity contribution in [2.24, 2.45) is 0 Å². The van der Waals surface area contributed by atoms with Crippen molar-refractivity contribution in [1.29, 1.82) is 0 Å². The molecule has 2 heteroatoms. The van der Waals surface area contributed by atoms with Crippen molar-refractivity contribution in [1.82, 2.24) is 12.3 Å². The zero-order valence-electron chi connectivity index (χ0n) is 6.55. The Morgan fingerprint density at radius 1 is 0.700 bits per heavy atom. The summed E-state index contributed by atoms with van der Waals surface area (Å²) in [4.78, 5) is 0. The van der Waals surface area contributed by atoms with E-state index in [0.29, 0.717) is 0 Å². The average molecular weight is 142 g/mol. The summed E-state index contributed by atoms with van der Waals surface area (Å²) in [6.45, 7) is 0. The minimum atomic E-state index is 0. The van der Waals surface area contributed by atoms with Gasteiger partial charge in [-0.1, -0.05) is 24.3 Å². The van der Waals surface area contributed by atoms with E-state index in [1.807, 2.05) is 0 Å². The Morgan fingerprint density at radius 3 is 1.50 bits per heavy atom. The van der Waals surface area contributed by atoms with Crippen LogP contribution in [0.25, 0.3) is 0 Å². The summed E-state index contributed by atoms with van der Waals surface area (Å²) in [5, 5.41) is 0. The van der Waals surface area contributed by atoms with Crippen LogP contribution in [0.4, 0.5) is 0 Å². The predicted octanol–water partition coefficient (Wildman–Crippen LogP) is 3.00. The third kappa shape index (κ3) is 5.54. The van der Waals surface area contributed by atoms with Gasteiger partial charge in [-0.05, 0) is 25.7 Å². The maximum atomic E-state index is 2.23. The molecule has 1 aliphatic rings. The molecule has 0 aliphatic heterocycles. The minimum Gasteiger partial charge on any atom is -0.344 e. The summed E-state index contributed by atoms with van der Waals surface area (Å²) in [5.41, 5.74) is 0. The molecule has 0 heterocycles. The van der Waals surface area contributed by atoms with Gasteiger partial charge in [-0.2, -0.15) is 0 Å². The predicted molar refractivity (Wildman–Crippen MR) is 46.8 cm³/mol. The van der Waals surface area contributed by atoms with Crippen molar-refractivity contribution in [3.8, 4) is 0 Å². The second-order valence-corrected chi connectivity index (χ2v) is 2.14. The Hall–Kier alpha value is -0.600. The van der Waals surface area contributed by atoms with Crippen LogP contribution in [0.3, 0.4) is 0 Å². The summed E-state index contributed by atoms with van der Waals surface area (Å²) >= 11 is 0. The van der Waals surface area contributed by atoms with Gasteiger partial charge in [0, 0.05) is 0 Å². The van der Waals surface area contributed by atoms with Gasteiger partial charge in [0.1, 0.15) is 0 Å². The van der Waals surface area contributed by atoms with Gasteiger partial charge in [-0.3, -0.25) is 0 Å². The Morgan fingerprint density at radius 2 is 1.10 bits per heavy atom. The van der Waals surface area contributed by atoms with E-state index in [1.165, 1.54) is 25.7 Å². The van der Waals surface area contributed by atoms with Crippen LogP contribution in [0.1, 0.15) is 25.7 Å². The SMILES string of the molecule is C1=CCCCCC=C1.N.N. The van der Waals surface area contributed by atoms with Crippen LogP contribution in [-0.4, -0.2) is 0 Å². The molecule has 0 amide bonds. The second kappa shape index (κ2) is 8.40. The fourth-order valence-corrected chi connectivity index (χ4v) is 0.874. The van der Waals surface area contributed by atoms with Crippen LogP contribution in [0.5, 0.6) is 0 Å². The lowest BCUT2D eigenvalue weighted by Gasteiger charge is -1.94. The summed E-state index contributed by atoms with van der Waals surface area (Å²) in [7, 11) is 0. The Bertz CT molecular complexity index is 91.8. The fourth-order valence-electron chi connectivity index (χ4n) is 0.874. The normalized spacial score (nSPS) is 16.0. The van der Waals surface area contributed by atoms with Crippen molar-refractivity contribution >= 4 is 0 Å². The van der Waals surface area contributed by atoms with E-state index in [4.69, 9.17) is 0 Å². The van der Waals surface area contributed by atoms with E-state index < -0.39 is 0 Å². The monoisotopic (exact) mass is 142 g/mol. The molecule has 1 aliphatic carbocycles. The quantitative estimate of drug-likeness (QED) is 0.545. The van der Waals surface area contributed by atoms with Crippen LogP contribution >= 0.6 is 0 Å². The highest BCUT2D eigenvalue weighted by Gasteiger charge is 1.84. The second-order valence-electron chi connectivity index (χ2n) is 2.14. The lowest BCUT2D eigenvalue weighted by molar-refractivity contribution is 0.758. The molecule has 1 rings (SSSR count). The third-order valence-electron chi connectivity index (χ3n) is 1.37. The first kappa shape index (κ1) is 12.1. The van der Waals surface area contributed by atoms with Crippen molar-refractivity contribution in [2.75, 3.05) is 0 Å². The van der Waals surface area contributed by atoms with Crippen LogP contribution in [0, 0.1) is 0 Å². The van der Waals surface area contributed by atoms with E-state index in [9.17, 15) is 0 Å². The van der Waals surface area contributed by atoms with Crippen molar-refractivity contribution < 1.29 is 0 Å². The Labute approximate surface area is 63.2 Å². The number of allylic oxidation sites excluding steroid dienone is 4. The van der Waals surface area contributed by atoms with Gasteiger partial charge in [-0.15, -0.1) is 0 Å². The van der Waals surface area contributed by atoms with E-state index in [2.05, 4.69) is 24.3 Å². The van der Waals surface area contributed by atoms with E-state index in [0.717, 1.165) is 0 Å². The van der Waals surface area contributed by atoms with Gasteiger partial charge < -0.3 is 12.3 Å². The molecule has 0 spiro atoms. The maximum absolute atomic E-state index is 2.23. The molecule has 0 aromatic carbocycles. The summed E-state index contributed by atoms with van der Waals surface area (Å²) in [6, 6.07) is 0. The first-order valence-electron chi connectivity index (χ1n) is 3.32. The molecule has 0 unspecified atom stereocenters. The smallest absolute Gasteiger partial charge is 0.0347 e. The largest absolute Gasteiger partial charge is 0.344 e. The van der Waals surface area contributed by atoms with E-state index in [-0.39, 0.29) is 12.3 Å². The van der Waals surface area contributed by atoms with E-state index >= 15 is 0 Å². The van der Waals surface area contributed by atoms with Crippen molar-refractivity contribution in [3.05, 3.63) is 24.3 Å². The molecule has 0 saturated carbocycles.